The van der Waals surface area contributed by atoms with Gasteiger partial charge in [0.25, 0.3) is 0 Å². The molecule has 0 atom stereocenters. The van der Waals surface area contributed by atoms with E-state index in [0.717, 1.165) is 6.42 Å². The molecule has 0 N–H and O–H groups in total. The van der Waals surface area contributed by atoms with Gasteiger partial charge >= 0.3 is 0 Å². The van der Waals surface area contributed by atoms with E-state index in [2.05, 4.69) is 15.1 Å². The Hall–Kier alpha value is -1.93. The van der Waals surface area contributed by atoms with Gasteiger partial charge in [-0.3, -0.25) is 0 Å². The first kappa shape index (κ1) is 17.4. The minimum Gasteiger partial charge on any atom is -0.373 e. The summed E-state index contributed by atoms with van der Waals surface area (Å²) in [6.07, 6.45) is 3.34. The fourth-order valence-electron chi connectivity index (χ4n) is 1.79. The van der Waals surface area contributed by atoms with Gasteiger partial charge in [0.2, 0.25) is 0 Å². The van der Waals surface area contributed by atoms with E-state index in [-0.39, 0.29) is 18.0 Å². The second kappa shape index (κ2) is 7.56. The van der Waals surface area contributed by atoms with Gasteiger partial charge in [-0.05, 0) is 13.3 Å². The van der Waals surface area contributed by atoms with Crippen molar-refractivity contribution in [3.05, 3.63) is 40.7 Å². The van der Waals surface area contributed by atoms with E-state index in [1.165, 1.54) is 24.3 Å². The van der Waals surface area contributed by atoms with E-state index >= 15 is 0 Å². The molecule has 1 aromatic heterocycles. The summed E-state index contributed by atoms with van der Waals surface area (Å²) in [5, 5.41) is 2.97. The van der Waals surface area contributed by atoms with Crippen LogP contribution >= 0.6 is 11.6 Å². The molecule has 0 amide bonds. The van der Waals surface area contributed by atoms with Crippen molar-refractivity contribution in [2.45, 2.75) is 20.3 Å². The molecule has 124 valence electrons. The Bertz CT molecular complexity index is 690. The smallest absolute Gasteiger partial charge is 0.186 e. The van der Waals surface area contributed by atoms with E-state index in [0.29, 0.717) is 6.61 Å². The van der Waals surface area contributed by atoms with Gasteiger partial charge in [-0.1, -0.05) is 18.5 Å². The van der Waals surface area contributed by atoms with Gasteiger partial charge < -0.3 is 4.74 Å². The zero-order valence-corrected chi connectivity index (χ0v) is 13.2. The maximum absolute atomic E-state index is 14.1. The van der Waals surface area contributed by atoms with Crippen molar-refractivity contribution in [2.75, 3.05) is 13.2 Å². The first-order valence-electron chi connectivity index (χ1n) is 6.80. The summed E-state index contributed by atoms with van der Waals surface area (Å²) in [5.41, 5.74) is -0.697. The lowest BCUT2D eigenvalue weighted by atomic mass is 10.1. The molecular formula is C14H14ClF3N4O. The van der Waals surface area contributed by atoms with Crippen molar-refractivity contribution < 1.29 is 17.9 Å². The van der Waals surface area contributed by atoms with Crippen molar-refractivity contribution in [2.24, 2.45) is 4.99 Å². The molecule has 0 saturated carbocycles. The van der Waals surface area contributed by atoms with Gasteiger partial charge in [0.1, 0.15) is 35.8 Å². The standard InChI is InChI=1S/C14H14ClF3N4O/c1-3-4-23-5-9(22-7-19-6-20-22)21-14-8(2)11(16)10(15)12(17)13(14)18/h6-7H,3-5H2,1-2H3. The number of benzene rings is 1. The van der Waals surface area contributed by atoms with Crippen LogP contribution in [0.1, 0.15) is 18.9 Å². The number of hydrogen-bond donors (Lipinski definition) is 0. The first-order chi connectivity index (χ1) is 11.0. The molecule has 0 fully saturated rings. The van der Waals surface area contributed by atoms with Crippen LogP contribution in [0, 0.1) is 24.4 Å². The predicted octanol–water partition coefficient (Wildman–Crippen LogP) is 3.66. The maximum Gasteiger partial charge on any atom is 0.186 e. The third kappa shape index (κ3) is 3.70. The Morgan fingerprint density at radius 2 is 2.04 bits per heavy atom. The fraction of sp³-hybridized carbons (Fsp3) is 0.357. The van der Waals surface area contributed by atoms with Gasteiger partial charge in [-0.25, -0.2) is 27.8 Å². The molecule has 1 heterocycles. The summed E-state index contributed by atoms with van der Waals surface area (Å²) in [4.78, 5) is 7.73. The van der Waals surface area contributed by atoms with Crippen molar-refractivity contribution in [1.82, 2.24) is 14.8 Å². The number of rotatable bonds is 5. The van der Waals surface area contributed by atoms with Crippen molar-refractivity contribution in [3.63, 3.8) is 0 Å². The summed E-state index contributed by atoms with van der Waals surface area (Å²) in [7, 11) is 0. The van der Waals surface area contributed by atoms with E-state index in [4.69, 9.17) is 16.3 Å². The van der Waals surface area contributed by atoms with Crippen LogP contribution in [-0.4, -0.2) is 33.8 Å². The Morgan fingerprint density at radius 3 is 2.65 bits per heavy atom. The van der Waals surface area contributed by atoms with E-state index < -0.39 is 28.2 Å². The largest absolute Gasteiger partial charge is 0.373 e. The van der Waals surface area contributed by atoms with Crippen LogP contribution < -0.4 is 0 Å². The third-order valence-electron chi connectivity index (χ3n) is 2.97. The number of aromatic nitrogens is 3. The molecule has 0 unspecified atom stereocenters. The molecule has 23 heavy (non-hydrogen) atoms. The number of ether oxygens (including phenoxy) is 1. The van der Waals surface area contributed by atoms with Gasteiger partial charge in [0, 0.05) is 12.2 Å². The molecule has 2 aromatic rings. The Kier molecular flexibility index (Phi) is 5.73. The van der Waals surface area contributed by atoms with E-state index in [9.17, 15) is 13.2 Å². The number of hydrogen-bond acceptors (Lipinski definition) is 4. The number of halogens is 4. The van der Waals surface area contributed by atoms with Crippen LogP contribution in [0.5, 0.6) is 0 Å². The fourth-order valence-corrected chi connectivity index (χ4v) is 2.02. The molecule has 9 heteroatoms. The average molecular weight is 347 g/mol. The lowest BCUT2D eigenvalue weighted by Gasteiger charge is -2.11. The van der Waals surface area contributed by atoms with Crippen LogP contribution in [0.2, 0.25) is 5.02 Å². The molecule has 5 nitrogen and oxygen atoms in total. The summed E-state index contributed by atoms with van der Waals surface area (Å²) in [6, 6.07) is 0. The molecule has 0 aliphatic rings. The zero-order chi connectivity index (χ0) is 17.0. The monoisotopic (exact) mass is 346 g/mol. The molecule has 0 saturated heterocycles. The molecule has 0 aliphatic heterocycles. The molecule has 2 rings (SSSR count). The maximum atomic E-state index is 14.1. The Balaban J connectivity index is 2.51. The number of nitrogens with zero attached hydrogens (tertiary/aromatic N) is 4. The van der Waals surface area contributed by atoms with Crippen LogP contribution in [0.3, 0.4) is 0 Å². The Morgan fingerprint density at radius 1 is 1.30 bits per heavy atom. The third-order valence-corrected chi connectivity index (χ3v) is 3.31. The Labute approximate surface area is 135 Å². The van der Waals surface area contributed by atoms with Crippen LogP contribution in [0.4, 0.5) is 18.9 Å². The van der Waals surface area contributed by atoms with Gasteiger partial charge in [0.05, 0.1) is 0 Å². The van der Waals surface area contributed by atoms with Crippen LogP contribution in [0.25, 0.3) is 0 Å². The molecule has 0 spiro atoms. The molecular weight excluding hydrogens is 333 g/mol. The van der Waals surface area contributed by atoms with Gasteiger partial charge in [0.15, 0.2) is 17.5 Å². The molecule has 0 radical (unpaired) electrons. The highest BCUT2D eigenvalue weighted by atomic mass is 35.5. The quantitative estimate of drug-likeness (QED) is 0.273. The topological polar surface area (TPSA) is 52.3 Å². The molecule has 1 aromatic carbocycles. The lowest BCUT2D eigenvalue weighted by molar-refractivity contribution is 0.170. The molecule has 0 aliphatic carbocycles. The second-order valence-corrected chi connectivity index (χ2v) is 5.03. The van der Waals surface area contributed by atoms with E-state index in [1.54, 1.807) is 0 Å². The summed E-state index contributed by atoms with van der Waals surface area (Å²) >= 11 is 5.41. The highest BCUT2D eigenvalue weighted by Gasteiger charge is 2.22. The average Bonchev–Trinajstić information content (AvgIpc) is 3.08. The summed E-state index contributed by atoms with van der Waals surface area (Å²) < 4.78 is 48.2. The van der Waals surface area contributed by atoms with E-state index in [1.807, 2.05) is 6.92 Å². The summed E-state index contributed by atoms with van der Waals surface area (Å²) in [5.74, 6) is -3.74. The molecule has 0 bridgehead atoms. The van der Waals surface area contributed by atoms with Gasteiger partial charge in [-0.2, -0.15) is 5.10 Å². The van der Waals surface area contributed by atoms with Crippen molar-refractivity contribution in [3.8, 4) is 0 Å². The zero-order valence-electron chi connectivity index (χ0n) is 12.5. The van der Waals surface area contributed by atoms with Crippen molar-refractivity contribution in [1.29, 1.82) is 0 Å². The van der Waals surface area contributed by atoms with Crippen LogP contribution in [-0.2, 0) is 4.74 Å². The lowest BCUT2D eigenvalue weighted by Crippen LogP contribution is -2.20. The SMILES string of the molecule is CCCOCC(=Nc1c(C)c(F)c(Cl)c(F)c1F)n1cncn1. The highest BCUT2D eigenvalue weighted by molar-refractivity contribution is 6.31. The summed E-state index contributed by atoms with van der Waals surface area (Å²) in [6.45, 7) is 3.59. The van der Waals surface area contributed by atoms with Crippen molar-refractivity contribution >= 4 is 23.1 Å². The normalized spacial score (nSPS) is 12.0. The predicted molar refractivity (Wildman–Crippen MR) is 79.7 cm³/mol. The second-order valence-electron chi connectivity index (χ2n) is 4.65. The van der Waals surface area contributed by atoms with Crippen LogP contribution in [0.15, 0.2) is 17.6 Å². The number of aliphatic imine (C=N–C) groups is 1. The highest BCUT2D eigenvalue weighted by Crippen LogP contribution is 2.33. The minimum absolute atomic E-state index is 0.0258. The minimum atomic E-state index is -1.49. The first-order valence-corrected chi connectivity index (χ1v) is 7.18. The van der Waals surface area contributed by atoms with Gasteiger partial charge in [-0.15, -0.1) is 0 Å².